The Balaban J connectivity index is 2.06. The van der Waals surface area contributed by atoms with Gasteiger partial charge in [-0.25, -0.2) is 9.69 Å². The first-order valence-corrected chi connectivity index (χ1v) is 6.93. The molecule has 110 valence electrons. The normalized spacial score (nSPS) is 14.9. The Labute approximate surface area is 124 Å². The van der Waals surface area contributed by atoms with Crippen LogP contribution in [0.4, 0.5) is 10.5 Å². The summed E-state index contributed by atoms with van der Waals surface area (Å²) in [7, 11) is 0. The van der Waals surface area contributed by atoms with Gasteiger partial charge < -0.3 is 0 Å². The third-order valence-electron chi connectivity index (χ3n) is 3.45. The number of urea groups is 1. The average Bonchev–Trinajstić information content (AvgIpc) is 2.79. The molecule has 1 aliphatic heterocycles. The van der Waals surface area contributed by atoms with Crippen LogP contribution in [0, 0.1) is 11.3 Å². The van der Waals surface area contributed by atoms with Gasteiger partial charge in [0, 0.05) is 18.7 Å². The lowest BCUT2D eigenvalue weighted by molar-refractivity contribution is -0.126. The van der Waals surface area contributed by atoms with Crippen LogP contribution in [0.25, 0.3) is 0 Å². The number of carbonyl (C=O) groups is 2. The molecule has 0 aromatic heterocycles. The summed E-state index contributed by atoms with van der Waals surface area (Å²) in [5, 5.41) is 8.63. The number of hydrogen-bond donors (Lipinski definition) is 0. The molecule has 1 saturated heterocycles. The van der Waals surface area contributed by atoms with Crippen molar-refractivity contribution in [1.29, 1.82) is 5.26 Å². The third-order valence-corrected chi connectivity index (χ3v) is 3.45. The minimum Gasteiger partial charge on any atom is -0.285 e. The number of hydrogen-bond acceptors (Lipinski definition) is 4. The summed E-state index contributed by atoms with van der Waals surface area (Å²) in [6, 6.07) is 10.9. The van der Waals surface area contributed by atoms with Crippen molar-refractivity contribution in [3.05, 3.63) is 30.3 Å². The standard InChI is InChI=1S/C15H18N4O2/c1-2-17(10-6-9-16)12-19-14(20)11-18(15(19)21)13-7-4-3-5-8-13/h3-5,7-8H,2,6,10-12H2,1H3. The maximum Gasteiger partial charge on any atom is 0.332 e. The van der Waals surface area contributed by atoms with Crippen LogP contribution in [-0.4, -0.2) is 48.0 Å². The number of anilines is 1. The number of nitriles is 1. The van der Waals surface area contributed by atoms with Gasteiger partial charge in [0.05, 0.1) is 12.7 Å². The molecule has 0 atom stereocenters. The molecule has 0 radical (unpaired) electrons. The van der Waals surface area contributed by atoms with E-state index >= 15 is 0 Å². The Kier molecular flexibility index (Phi) is 4.90. The first-order valence-electron chi connectivity index (χ1n) is 6.93. The Morgan fingerprint density at radius 2 is 2.00 bits per heavy atom. The molecule has 0 unspecified atom stereocenters. The van der Waals surface area contributed by atoms with Gasteiger partial charge in [-0.15, -0.1) is 0 Å². The number of imide groups is 1. The van der Waals surface area contributed by atoms with Gasteiger partial charge in [-0.3, -0.25) is 14.6 Å². The molecule has 0 aliphatic carbocycles. The Morgan fingerprint density at radius 3 is 2.62 bits per heavy atom. The first kappa shape index (κ1) is 15.0. The van der Waals surface area contributed by atoms with E-state index in [1.165, 1.54) is 9.80 Å². The van der Waals surface area contributed by atoms with Crippen molar-refractivity contribution in [2.45, 2.75) is 13.3 Å². The van der Waals surface area contributed by atoms with Crippen molar-refractivity contribution in [3.63, 3.8) is 0 Å². The number of rotatable bonds is 6. The lowest BCUT2D eigenvalue weighted by Crippen LogP contribution is -2.42. The van der Waals surface area contributed by atoms with Crippen LogP contribution in [0.3, 0.4) is 0 Å². The van der Waals surface area contributed by atoms with Gasteiger partial charge in [-0.2, -0.15) is 5.26 Å². The van der Waals surface area contributed by atoms with E-state index < -0.39 is 0 Å². The Bertz CT molecular complexity index is 553. The smallest absolute Gasteiger partial charge is 0.285 e. The lowest BCUT2D eigenvalue weighted by Gasteiger charge is -2.24. The fraction of sp³-hybridized carbons (Fsp3) is 0.400. The summed E-state index contributed by atoms with van der Waals surface area (Å²) < 4.78 is 0. The minimum absolute atomic E-state index is 0.0681. The third kappa shape index (κ3) is 3.38. The highest BCUT2D eigenvalue weighted by Crippen LogP contribution is 2.20. The van der Waals surface area contributed by atoms with E-state index in [1.807, 2.05) is 42.2 Å². The second kappa shape index (κ2) is 6.86. The second-order valence-corrected chi connectivity index (χ2v) is 4.79. The zero-order chi connectivity index (χ0) is 15.2. The van der Waals surface area contributed by atoms with E-state index in [4.69, 9.17) is 5.26 Å². The molecule has 1 aromatic carbocycles. The van der Waals surface area contributed by atoms with Gasteiger partial charge >= 0.3 is 6.03 Å². The van der Waals surface area contributed by atoms with Crippen LogP contribution in [0.5, 0.6) is 0 Å². The molecular weight excluding hydrogens is 268 g/mol. The van der Waals surface area contributed by atoms with E-state index in [2.05, 4.69) is 6.07 Å². The highest BCUT2D eigenvalue weighted by Gasteiger charge is 2.37. The molecule has 0 N–H and O–H groups in total. The van der Waals surface area contributed by atoms with E-state index in [-0.39, 0.29) is 25.2 Å². The van der Waals surface area contributed by atoms with Crippen molar-refractivity contribution in [3.8, 4) is 6.07 Å². The van der Waals surface area contributed by atoms with E-state index in [0.29, 0.717) is 19.5 Å². The van der Waals surface area contributed by atoms with Crippen LogP contribution in [0.1, 0.15) is 13.3 Å². The van der Waals surface area contributed by atoms with Crippen molar-refractivity contribution >= 4 is 17.6 Å². The molecule has 3 amide bonds. The predicted molar refractivity (Wildman–Crippen MR) is 78.4 cm³/mol. The van der Waals surface area contributed by atoms with Crippen molar-refractivity contribution in [2.24, 2.45) is 0 Å². The Morgan fingerprint density at radius 1 is 1.29 bits per heavy atom. The van der Waals surface area contributed by atoms with Gasteiger partial charge in [-0.1, -0.05) is 25.1 Å². The number of benzene rings is 1. The summed E-state index contributed by atoms with van der Waals surface area (Å²) >= 11 is 0. The molecule has 2 rings (SSSR count). The highest BCUT2D eigenvalue weighted by molar-refractivity contribution is 6.12. The molecular formula is C15H18N4O2. The monoisotopic (exact) mass is 286 g/mol. The SMILES string of the molecule is CCN(CCC#N)CN1C(=O)CN(c2ccccc2)C1=O. The molecule has 1 heterocycles. The summed E-state index contributed by atoms with van der Waals surface area (Å²) in [6.45, 7) is 3.48. The van der Waals surface area contributed by atoms with Gasteiger partial charge in [0.2, 0.25) is 0 Å². The van der Waals surface area contributed by atoms with E-state index in [0.717, 1.165) is 5.69 Å². The molecule has 1 aliphatic rings. The van der Waals surface area contributed by atoms with Gasteiger partial charge in [-0.05, 0) is 18.7 Å². The van der Waals surface area contributed by atoms with Crippen molar-refractivity contribution in [1.82, 2.24) is 9.80 Å². The molecule has 6 heteroatoms. The number of para-hydroxylation sites is 1. The van der Waals surface area contributed by atoms with Crippen LogP contribution in [0.2, 0.25) is 0 Å². The molecule has 1 fully saturated rings. The largest absolute Gasteiger partial charge is 0.332 e. The number of amides is 3. The van der Waals surface area contributed by atoms with Crippen LogP contribution in [0.15, 0.2) is 30.3 Å². The molecule has 0 bridgehead atoms. The van der Waals surface area contributed by atoms with Gasteiger partial charge in [0.1, 0.15) is 6.54 Å². The lowest BCUT2D eigenvalue weighted by atomic mass is 10.3. The predicted octanol–water partition coefficient (Wildman–Crippen LogP) is 1.65. The maximum absolute atomic E-state index is 12.4. The fourth-order valence-electron chi connectivity index (χ4n) is 2.23. The topological polar surface area (TPSA) is 67.7 Å². The zero-order valence-corrected chi connectivity index (χ0v) is 12.0. The number of carbonyl (C=O) groups excluding carboxylic acids is 2. The zero-order valence-electron chi connectivity index (χ0n) is 12.0. The molecule has 6 nitrogen and oxygen atoms in total. The summed E-state index contributed by atoms with van der Waals surface area (Å²) in [5.74, 6) is -0.209. The van der Waals surface area contributed by atoms with Crippen LogP contribution in [-0.2, 0) is 4.79 Å². The molecule has 0 saturated carbocycles. The second-order valence-electron chi connectivity index (χ2n) is 4.79. The van der Waals surface area contributed by atoms with Gasteiger partial charge in [0.25, 0.3) is 5.91 Å². The van der Waals surface area contributed by atoms with E-state index in [1.54, 1.807) is 0 Å². The van der Waals surface area contributed by atoms with Crippen LogP contribution < -0.4 is 4.90 Å². The van der Waals surface area contributed by atoms with Crippen LogP contribution >= 0.6 is 0 Å². The fourth-order valence-corrected chi connectivity index (χ4v) is 2.23. The quantitative estimate of drug-likeness (QED) is 0.746. The average molecular weight is 286 g/mol. The van der Waals surface area contributed by atoms with E-state index in [9.17, 15) is 9.59 Å². The summed E-state index contributed by atoms with van der Waals surface area (Å²) in [4.78, 5) is 29.1. The molecule has 0 spiro atoms. The molecule has 1 aromatic rings. The summed E-state index contributed by atoms with van der Waals surface area (Å²) in [5.41, 5.74) is 0.721. The Hall–Kier alpha value is -2.39. The minimum atomic E-state index is -0.304. The summed E-state index contributed by atoms with van der Waals surface area (Å²) in [6.07, 6.45) is 0.381. The van der Waals surface area contributed by atoms with Crippen molar-refractivity contribution < 1.29 is 9.59 Å². The van der Waals surface area contributed by atoms with Gasteiger partial charge in [0.15, 0.2) is 0 Å². The number of nitrogens with zero attached hydrogens (tertiary/aromatic N) is 4. The highest BCUT2D eigenvalue weighted by atomic mass is 16.2. The maximum atomic E-state index is 12.4. The first-order chi connectivity index (χ1) is 10.2. The van der Waals surface area contributed by atoms with Crippen molar-refractivity contribution in [2.75, 3.05) is 31.2 Å². The molecule has 21 heavy (non-hydrogen) atoms.